The third-order valence-corrected chi connectivity index (χ3v) is 2.62. The summed E-state index contributed by atoms with van der Waals surface area (Å²) in [4.78, 5) is 0. The van der Waals surface area contributed by atoms with Crippen molar-refractivity contribution in [1.82, 2.24) is 0 Å². The van der Waals surface area contributed by atoms with E-state index in [1.165, 1.54) is 5.57 Å². The zero-order valence-electron chi connectivity index (χ0n) is 7.83. The van der Waals surface area contributed by atoms with Crippen LogP contribution in [0.1, 0.15) is 33.1 Å². The summed E-state index contributed by atoms with van der Waals surface area (Å²) in [5, 5.41) is 19.1. The normalized spacial score (nSPS) is 38.3. The molecule has 70 valence electrons. The van der Waals surface area contributed by atoms with Gasteiger partial charge in [0.1, 0.15) is 0 Å². The minimum Gasteiger partial charge on any atom is -0.390 e. The van der Waals surface area contributed by atoms with Crippen molar-refractivity contribution in [2.45, 2.75) is 45.3 Å². The predicted octanol–water partition coefficient (Wildman–Crippen LogP) is 1.47. The van der Waals surface area contributed by atoms with E-state index in [1.807, 2.05) is 13.8 Å². The standard InChI is InChI=1S/C10H18O2/c1-7-4-3-5-8(2)10(12)9(11)6-7/h4,8-12H,3,5-6H2,1-2H3. The fourth-order valence-corrected chi connectivity index (χ4v) is 1.68. The third-order valence-electron chi connectivity index (χ3n) is 2.62. The average Bonchev–Trinajstić information content (AvgIpc) is 2.01. The van der Waals surface area contributed by atoms with Crippen molar-refractivity contribution < 1.29 is 10.2 Å². The first-order valence-corrected chi connectivity index (χ1v) is 4.63. The van der Waals surface area contributed by atoms with Gasteiger partial charge in [-0.15, -0.1) is 0 Å². The number of hydrogen-bond donors (Lipinski definition) is 2. The summed E-state index contributed by atoms with van der Waals surface area (Å²) in [5.41, 5.74) is 1.19. The molecule has 0 radical (unpaired) electrons. The van der Waals surface area contributed by atoms with Crippen LogP contribution in [0.15, 0.2) is 11.6 Å². The average molecular weight is 170 g/mol. The van der Waals surface area contributed by atoms with E-state index in [1.54, 1.807) is 0 Å². The van der Waals surface area contributed by atoms with E-state index in [0.717, 1.165) is 12.8 Å². The smallest absolute Gasteiger partial charge is 0.0838 e. The van der Waals surface area contributed by atoms with Gasteiger partial charge in [-0.3, -0.25) is 0 Å². The molecule has 0 saturated heterocycles. The molecule has 0 saturated carbocycles. The van der Waals surface area contributed by atoms with Crippen LogP contribution in [-0.2, 0) is 0 Å². The first kappa shape index (κ1) is 9.75. The summed E-state index contributed by atoms with van der Waals surface area (Å²) in [5.74, 6) is 0.212. The summed E-state index contributed by atoms with van der Waals surface area (Å²) in [6.45, 7) is 3.99. The highest BCUT2D eigenvalue weighted by Gasteiger charge is 2.23. The molecule has 3 unspecified atom stereocenters. The molecule has 0 aromatic carbocycles. The molecule has 0 fully saturated rings. The van der Waals surface area contributed by atoms with Gasteiger partial charge >= 0.3 is 0 Å². The molecule has 0 bridgehead atoms. The molecule has 0 heterocycles. The molecule has 12 heavy (non-hydrogen) atoms. The quantitative estimate of drug-likeness (QED) is 0.540. The number of hydrogen-bond acceptors (Lipinski definition) is 2. The fourth-order valence-electron chi connectivity index (χ4n) is 1.68. The van der Waals surface area contributed by atoms with Gasteiger partial charge in [0.2, 0.25) is 0 Å². The van der Waals surface area contributed by atoms with Crippen molar-refractivity contribution >= 4 is 0 Å². The molecule has 0 aromatic rings. The highest BCUT2D eigenvalue weighted by atomic mass is 16.3. The van der Waals surface area contributed by atoms with Crippen LogP contribution in [0.4, 0.5) is 0 Å². The van der Waals surface area contributed by atoms with Gasteiger partial charge in [-0.25, -0.2) is 0 Å². The minimum atomic E-state index is -0.573. The van der Waals surface area contributed by atoms with Gasteiger partial charge in [0, 0.05) is 0 Å². The van der Waals surface area contributed by atoms with E-state index in [4.69, 9.17) is 0 Å². The summed E-state index contributed by atoms with van der Waals surface area (Å²) in [6, 6.07) is 0. The van der Waals surface area contributed by atoms with Gasteiger partial charge in [0.05, 0.1) is 12.2 Å². The molecule has 1 aliphatic rings. The van der Waals surface area contributed by atoms with E-state index in [9.17, 15) is 10.2 Å². The lowest BCUT2D eigenvalue weighted by Crippen LogP contribution is -2.33. The Hall–Kier alpha value is -0.340. The van der Waals surface area contributed by atoms with Crippen molar-refractivity contribution in [2.75, 3.05) is 0 Å². The SMILES string of the molecule is CC1=CCCC(C)C(O)C(O)C1. The molecule has 1 aliphatic carbocycles. The maximum atomic E-state index is 9.59. The van der Waals surface area contributed by atoms with Gasteiger partial charge in [0.15, 0.2) is 0 Å². The third kappa shape index (κ3) is 2.32. The molecule has 0 spiro atoms. The summed E-state index contributed by atoms with van der Waals surface area (Å²) >= 11 is 0. The largest absolute Gasteiger partial charge is 0.390 e. The second kappa shape index (κ2) is 4.06. The molecule has 3 atom stereocenters. The lowest BCUT2D eigenvalue weighted by molar-refractivity contribution is -0.0152. The monoisotopic (exact) mass is 170 g/mol. The Morgan fingerprint density at radius 1 is 1.42 bits per heavy atom. The molecule has 1 rings (SSSR count). The molecular formula is C10H18O2. The van der Waals surface area contributed by atoms with E-state index < -0.39 is 12.2 Å². The van der Waals surface area contributed by atoms with Crippen molar-refractivity contribution in [2.24, 2.45) is 5.92 Å². The van der Waals surface area contributed by atoms with E-state index in [-0.39, 0.29) is 5.92 Å². The Balaban J connectivity index is 2.64. The Labute approximate surface area is 73.9 Å². The van der Waals surface area contributed by atoms with Crippen molar-refractivity contribution in [3.63, 3.8) is 0 Å². The number of aliphatic hydroxyl groups excluding tert-OH is 2. The van der Waals surface area contributed by atoms with Gasteiger partial charge in [-0.1, -0.05) is 18.6 Å². The molecular weight excluding hydrogens is 152 g/mol. The van der Waals surface area contributed by atoms with Crippen LogP contribution in [0.3, 0.4) is 0 Å². The second-order valence-corrected chi connectivity index (χ2v) is 3.87. The van der Waals surface area contributed by atoms with Crippen molar-refractivity contribution in [1.29, 1.82) is 0 Å². The van der Waals surface area contributed by atoms with E-state index in [2.05, 4.69) is 6.08 Å². The highest BCUT2D eigenvalue weighted by Crippen LogP contribution is 2.22. The first-order valence-electron chi connectivity index (χ1n) is 4.63. The Kier molecular flexibility index (Phi) is 3.29. The van der Waals surface area contributed by atoms with Crippen LogP contribution in [-0.4, -0.2) is 22.4 Å². The summed E-state index contributed by atoms with van der Waals surface area (Å²) in [7, 11) is 0. The summed E-state index contributed by atoms with van der Waals surface area (Å²) < 4.78 is 0. The Morgan fingerprint density at radius 2 is 2.08 bits per heavy atom. The van der Waals surface area contributed by atoms with Crippen LogP contribution in [0.2, 0.25) is 0 Å². The van der Waals surface area contributed by atoms with Gasteiger partial charge in [-0.05, 0) is 32.1 Å². The molecule has 2 N–H and O–H groups in total. The number of aliphatic hydroxyl groups is 2. The zero-order valence-corrected chi connectivity index (χ0v) is 7.83. The molecule has 0 aliphatic heterocycles. The van der Waals surface area contributed by atoms with Crippen LogP contribution < -0.4 is 0 Å². The Bertz CT molecular complexity index is 175. The molecule has 2 heteroatoms. The maximum Gasteiger partial charge on any atom is 0.0838 e. The first-order chi connectivity index (χ1) is 5.61. The van der Waals surface area contributed by atoms with Crippen LogP contribution >= 0.6 is 0 Å². The lowest BCUT2D eigenvalue weighted by Gasteiger charge is -2.25. The topological polar surface area (TPSA) is 40.5 Å². The van der Waals surface area contributed by atoms with Crippen molar-refractivity contribution in [3.8, 4) is 0 Å². The fraction of sp³-hybridized carbons (Fsp3) is 0.800. The van der Waals surface area contributed by atoms with Gasteiger partial charge < -0.3 is 10.2 Å². The maximum absolute atomic E-state index is 9.59. The number of allylic oxidation sites excluding steroid dienone is 1. The molecule has 0 aromatic heterocycles. The van der Waals surface area contributed by atoms with E-state index in [0.29, 0.717) is 6.42 Å². The van der Waals surface area contributed by atoms with Crippen LogP contribution in [0.25, 0.3) is 0 Å². The van der Waals surface area contributed by atoms with Gasteiger partial charge in [0.25, 0.3) is 0 Å². The van der Waals surface area contributed by atoms with Crippen molar-refractivity contribution in [3.05, 3.63) is 11.6 Å². The van der Waals surface area contributed by atoms with Crippen LogP contribution in [0, 0.1) is 5.92 Å². The highest BCUT2D eigenvalue weighted by molar-refractivity contribution is 5.02. The van der Waals surface area contributed by atoms with E-state index >= 15 is 0 Å². The second-order valence-electron chi connectivity index (χ2n) is 3.87. The van der Waals surface area contributed by atoms with Gasteiger partial charge in [-0.2, -0.15) is 0 Å². The van der Waals surface area contributed by atoms with Crippen LogP contribution in [0.5, 0.6) is 0 Å². The minimum absolute atomic E-state index is 0.212. The summed E-state index contributed by atoms with van der Waals surface area (Å²) in [6.07, 6.45) is 3.65. The predicted molar refractivity (Wildman–Crippen MR) is 48.8 cm³/mol. The molecule has 2 nitrogen and oxygen atoms in total. The number of rotatable bonds is 0. The molecule has 0 amide bonds. The zero-order chi connectivity index (χ0) is 9.14. The Morgan fingerprint density at radius 3 is 2.75 bits per heavy atom. The lowest BCUT2D eigenvalue weighted by atomic mass is 9.89.